The average molecular weight is 187 g/mol. The lowest BCUT2D eigenvalue weighted by molar-refractivity contribution is 0.415. The van der Waals surface area contributed by atoms with Crippen LogP contribution in [0.4, 0.5) is 5.69 Å². The van der Waals surface area contributed by atoms with Crippen LogP contribution in [0.25, 0.3) is 0 Å². The predicted octanol–water partition coefficient (Wildman–Crippen LogP) is 3.07. The summed E-state index contributed by atoms with van der Waals surface area (Å²) in [5.41, 5.74) is 1.43. The third-order valence-electron chi connectivity index (χ3n) is 3.74. The van der Waals surface area contributed by atoms with Gasteiger partial charge in [0.05, 0.1) is 0 Å². The van der Waals surface area contributed by atoms with Crippen LogP contribution in [0.1, 0.15) is 25.7 Å². The van der Waals surface area contributed by atoms with Crippen molar-refractivity contribution >= 4 is 5.69 Å². The molecule has 2 bridgehead atoms. The van der Waals surface area contributed by atoms with E-state index in [1.54, 1.807) is 0 Å². The van der Waals surface area contributed by atoms with Gasteiger partial charge in [-0.3, -0.25) is 0 Å². The molecule has 2 fully saturated rings. The Kier molecular flexibility index (Phi) is 1.97. The van der Waals surface area contributed by atoms with Crippen molar-refractivity contribution in [1.82, 2.24) is 0 Å². The quantitative estimate of drug-likeness (QED) is 0.653. The number of para-hydroxylation sites is 1. The van der Waals surface area contributed by atoms with Gasteiger partial charge in [-0.05, 0) is 37.3 Å². The fourth-order valence-electron chi connectivity index (χ4n) is 3.07. The second-order valence-electron chi connectivity index (χ2n) is 4.67. The second-order valence-corrected chi connectivity index (χ2v) is 4.67. The topological polar surface area (TPSA) is 3.24 Å². The Morgan fingerprint density at radius 3 is 2.71 bits per heavy atom. The first-order chi connectivity index (χ1) is 6.93. The Balaban J connectivity index is 1.86. The van der Waals surface area contributed by atoms with E-state index in [1.807, 2.05) is 0 Å². The van der Waals surface area contributed by atoms with E-state index in [2.05, 4.69) is 35.2 Å². The summed E-state index contributed by atoms with van der Waals surface area (Å²) in [6.07, 6.45) is 5.75. The van der Waals surface area contributed by atoms with Crippen LogP contribution < -0.4 is 4.90 Å². The Bertz CT molecular complexity index is 306. The Labute approximate surface area is 85.7 Å². The fraction of sp³-hybridized carbons (Fsp3) is 0.538. The van der Waals surface area contributed by atoms with Crippen LogP contribution in [-0.4, -0.2) is 12.6 Å². The van der Waals surface area contributed by atoms with Gasteiger partial charge in [-0.15, -0.1) is 0 Å². The molecule has 0 aromatic heterocycles. The van der Waals surface area contributed by atoms with Crippen molar-refractivity contribution in [3.8, 4) is 0 Å². The summed E-state index contributed by atoms with van der Waals surface area (Å²) < 4.78 is 0. The largest absolute Gasteiger partial charge is 0.368 e. The van der Waals surface area contributed by atoms with E-state index in [0.717, 1.165) is 12.0 Å². The number of hydrogen-bond acceptors (Lipinski definition) is 1. The molecule has 0 amide bonds. The molecular weight excluding hydrogens is 170 g/mol. The molecule has 74 valence electrons. The van der Waals surface area contributed by atoms with Gasteiger partial charge in [0.2, 0.25) is 0 Å². The van der Waals surface area contributed by atoms with Crippen molar-refractivity contribution in [3.63, 3.8) is 0 Å². The van der Waals surface area contributed by atoms with E-state index in [0.29, 0.717) is 0 Å². The van der Waals surface area contributed by atoms with Gasteiger partial charge in [0.15, 0.2) is 0 Å². The highest BCUT2D eigenvalue weighted by Crippen LogP contribution is 2.37. The van der Waals surface area contributed by atoms with Crippen LogP contribution in [0.5, 0.6) is 0 Å². The van der Waals surface area contributed by atoms with E-state index in [1.165, 1.54) is 37.9 Å². The van der Waals surface area contributed by atoms with Crippen LogP contribution in [0.15, 0.2) is 30.3 Å². The minimum Gasteiger partial charge on any atom is -0.368 e. The highest BCUT2D eigenvalue weighted by molar-refractivity contribution is 5.48. The molecule has 0 N–H and O–H groups in total. The summed E-state index contributed by atoms with van der Waals surface area (Å²) in [7, 11) is 0. The second kappa shape index (κ2) is 3.30. The van der Waals surface area contributed by atoms with Crippen LogP contribution in [0, 0.1) is 5.92 Å². The summed E-state index contributed by atoms with van der Waals surface area (Å²) in [6.45, 7) is 1.30. The lowest BCUT2D eigenvalue weighted by Gasteiger charge is -2.26. The molecule has 1 saturated heterocycles. The highest BCUT2D eigenvalue weighted by atomic mass is 15.2. The van der Waals surface area contributed by atoms with Crippen LogP contribution in [0.3, 0.4) is 0 Å². The first-order valence-corrected chi connectivity index (χ1v) is 5.75. The molecule has 0 spiro atoms. The Hall–Kier alpha value is -0.980. The first kappa shape index (κ1) is 8.34. The van der Waals surface area contributed by atoms with Crippen LogP contribution in [0.2, 0.25) is 0 Å². The third-order valence-corrected chi connectivity index (χ3v) is 3.74. The number of nitrogens with zero attached hydrogens (tertiary/aromatic N) is 1. The van der Waals surface area contributed by atoms with Crippen molar-refractivity contribution in [2.45, 2.75) is 31.7 Å². The number of hydrogen-bond donors (Lipinski definition) is 0. The lowest BCUT2D eigenvalue weighted by atomic mass is 9.90. The van der Waals surface area contributed by atoms with E-state index in [9.17, 15) is 0 Å². The normalized spacial score (nSPS) is 30.7. The molecule has 0 radical (unpaired) electrons. The number of benzene rings is 1. The molecule has 3 rings (SSSR count). The van der Waals surface area contributed by atoms with Crippen molar-refractivity contribution in [3.05, 3.63) is 30.3 Å². The summed E-state index contributed by atoms with van der Waals surface area (Å²) >= 11 is 0. The zero-order chi connectivity index (χ0) is 9.38. The minimum absolute atomic E-state index is 0.844. The molecule has 14 heavy (non-hydrogen) atoms. The maximum Gasteiger partial charge on any atom is 0.0368 e. The van der Waals surface area contributed by atoms with E-state index in [-0.39, 0.29) is 0 Å². The molecule has 1 heterocycles. The molecule has 1 aliphatic heterocycles. The molecule has 1 aliphatic carbocycles. The standard InChI is InChI=1S/C13H17N/c1-2-6-12(7-3-1)14-10-11-5-4-8-13(14)9-11/h1-3,6-7,11,13H,4-5,8-10H2. The van der Waals surface area contributed by atoms with Crippen molar-refractivity contribution < 1.29 is 0 Å². The van der Waals surface area contributed by atoms with Gasteiger partial charge >= 0.3 is 0 Å². The van der Waals surface area contributed by atoms with Crippen LogP contribution >= 0.6 is 0 Å². The summed E-state index contributed by atoms with van der Waals surface area (Å²) in [4.78, 5) is 2.62. The molecule has 1 aromatic carbocycles. The van der Waals surface area contributed by atoms with Gasteiger partial charge in [0.25, 0.3) is 0 Å². The van der Waals surface area contributed by atoms with Gasteiger partial charge in [-0.25, -0.2) is 0 Å². The van der Waals surface area contributed by atoms with E-state index in [4.69, 9.17) is 0 Å². The molecule has 1 saturated carbocycles. The van der Waals surface area contributed by atoms with Gasteiger partial charge in [-0.1, -0.05) is 24.6 Å². The van der Waals surface area contributed by atoms with Gasteiger partial charge in [0.1, 0.15) is 0 Å². The highest BCUT2D eigenvalue weighted by Gasteiger charge is 2.34. The van der Waals surface area contributed by atoms with Crippen molar-refractivity contribution in [1.29, 1.82) is 0 Å². The zero-order valence-corrected chi connectivity index (χ0v) is 8.52. The molecule has 1 aromatic rings. The maximum absolute atomic E-state index is 2.62. The maximum atomic E-state index is 2.62. The van der Waals surface area contributed by atoms with Gasteiger partial charge < -0.3 is 4.90 Å². The SMILES string of the molecule is c1ccc(N2CC3CCCC2C3)cc1. The van der Waals surface area contributed by atoms with Crippen molar-refractivity contribution in [2.24, 2.45) is 5.92 Å². The fourth-order valence-corrected chi connectivity index (χ4v) is 3.07. The zero-order valence-electron chi connectivity index (χ0n) is 8.52. The smallest absolute Gasteiger partial charge is 0.0368 e. The molecule has 1 heteroatoms. The van der Waals surface area contributed by atoms with Crippen molar-refractivity contribution in [2.75, 3.05) is 11.4 Å². The average Bonchev–Trinajstić information content (AvgIpc) is 2.55. The van der Waals surface area contributed by atoms with E-state index >= 15 is 0 Å². The third kappa shape index (κ3) is 1.31. The number of anilines is 1. The Morgan fingerprint density at radius 2 is 1.93 bits per heavy atom. The molecule has 2 unspecified atom stereocenters. The monoisotopic (exact) mass is 187 g/mol. The predicted molar refractivity (Wildman–Crippen MR) is 59.5 cm³/mol. The first-order valence-electron chi connectivity index (χ1n) is 5.75. The molecule has 2 atom stereocenters. The number of fused-ring (bicyclic) bond motifs is 2. The molecule has 2 aliphatic rings. The summed E-state index contributed by atoms with van der Waals surface area (Å²) in [6, 6.07) is 11.7. The minimum atomic E-state index is 0.844. The molecular formula is C13H17N. The number of rotatable bonds is 1. The molecule has 1 nitrogen and oxygen atoms in total. The van der Waals surface area contributed by atoms with E-state index < -0.39 is 0 Å². The Morgan fingerprint density at radius 1 is 1.07 bits per heavy atom. The summed E-state index contributed by atoms with van der Waals surface area (Å²) in [5.74, 6) is 0.981. The lowest BCUT2D eigenvalue weighted by Crippen LogP contribution is -2.28. The van der Waals surface area contributed by atoms with Crippen LogP contribution in [-0.2, 0) is 0 Å². The van der Waals surface area contributed by atoms with Gasteiger partial charge in [0, 0.05) is 18.3 Å². The summed E-state index contributed by atoms with van der Waals surface area (Å²) in [5, 5.41) is 0. The van der Waals surface area contributed by atoms with Gasteiger partial charge in [-0.2, -0.15) is 0 Å².